The van der Waals surface area contributed by atoms with Gasteiger partial charge in [0.15, 0.2) is 0 Å². The summed E-state index contributed by atoms with van der Waals surface area (Å²) in [7, 11) is 0. The lowest BCUT2D eigenvalue weighted by atomic mass is 10.1. The molecule has 0 aliphatic heterocycles. The van der Waals surface area contributed by atoms with Crippen molar-refractivity contribution in [1.29, 1.82) is 0 Å². The molecule has 1 heterocycles. The van der Waals surface area contributed by atoms with Crippen LogP contribution in [0, 0.1) is 5.92 Å². The normalized spacial score (nSPS) is 18.6. The van der Waals surface area contributed by atoms with E-state index in [0.717, 1.165) is 18.5 Å². The van der Waals surface area contributed by atoms with E-state index in [4.69, 9.17) is 5.73 Å². The summed E-state index contributed by atoms with van der Waals surface area (Å²) in [5.41, 5.74) is 6.38. The van der Waals surface area contributed by atoms with Crippen molar-refractivity contribution >= 4 is 11.3 Å². The molecule has 3 heteroatoms. The maximum atomic E-state index is 6.38. The van der Waals surface area contributed by atoms with Gasteiger partial charge in [-0.1, -0.05) is 32.8 Å². The molecule has 0 aromatic carbocycles. The second kappa shape index (κ2) is 7.41. The number of nitrogens with two attached hydrogens (primary N) is 1. The minimum atomic E-state index is 0.188. The number of thiophene rings is 1. The molecule has 0 bridgehead atoms. The summed E-state index contributed by atoms with van der Waals surface area (Å²) < 4.78 is 0. The van der Waals surface area contributed by atoms with Crippen molar-refractivity contribution in [3.63, 3.8) is 0 Å². The highest BCUT2D eigenvalue weighted by Crippen LogP contribution is 2.26. The zero-order chi connectivity index (χ0) is 13.7. The van der Waals surface area contributed by atoms with Crippen LogP contribution in [0.3, 0.4) is 0 Å². The van der Waals surface area contributed by atoms with Gasteiger partial charge in [-0.2, -0.15) is 0 Å². The van der Waals surface area contributed by atoms with Crippen molar-refractivity contribution in [2.75, 3.05) is 13.1 Å². The fraction of sp³-hybridized carbons (Fsp3) is 0.750. The van der Waals surface area contributed by atoms with E-state index in [9.17, 15) is 0 Å². The van der Waals surface area contributed by atoms with E-state index < -0.39 is 0 Å². The standard InChI is InChI=1S/C16H28N2S/c1-13(2)9-10-18(14-6-3-4-7-14)12-15(17)16-8-5-11-19-16/h5,8,11,13-15H,3-4,6-7,9-10,12,17H2,1-2H3. The summed E-state index contributed by atoms with van der Waals surface area (Å²) in [4.78, 5) is 3.99. The first-order valence-electron chi connectivity index (χ1n) is 7.70. The molecule has 1 aliphatic carbocycles. The summed E-state index contributed by atoms with van der Waals surface area (Å²) in [5, 5.41) is 2.13. The highest BCUT2D eigenvalue weighted by Gasteiger charge is 2.24. The molecule has 0 amide bonds. The van der Waals surface area contributed by atoms with Crippen LogP contribution < -0.4 is 5.73 Å². The summed E-state index contributed by atoms with van der Waals surface area (Å²) >= 11 is 1.79. The van der Waals surface area contributed by atoms with Crippen molar-refractivity contribution in [3.05, 3.63) is 22.4 Å². The van der Waals surface area contributed by atoms with Gasteiger partial charge in [-0.25, -0.2) is 0 Å². The summed E-state index contributed by atoms with van der Waals surface area (Å²) in [5.74, 6) is 0.780. The van der Waals surface area contributed by atoms with Crippen LogP contribution in [0.15, 0.2) is 17.5 Å². The predicted octanol–water partition coefficient (Wildman–Crippen LogP) is 4.04. The van der Waals surface area contributed by atoms with E-state index in [1.807, 2.05) is 0 Å². The molecular weight excluding hydrogens is 252 g/mol. The SMILES string of the molecule is CC(C)CCN(CC(N)c1cccs1)C1CCCC1. The van der Waals surface area contributed by atoms with E-state index in [1.165, 1.54) is 43.5 Å². The fourth-order valence-corrected chi connectivity index (χ4v) is 3.68. The van der Waals surface area contributed by atoms with Crippen molar-refractivity contribution < 1.29 is 0 Å². The number of nitrogens with zero attached hydrogens (tertiary/aromatic N) is 1. The smallest absolute Gasteiger partial charge is 0.0519 e. The average Bonchev–Trinajstić information content (AvgIpc) is 3.05. The molecule has 2 rings (SSSR count). The second-order valence-corrected chi connectivity index (χ2v) is 7.22. The highest BCUT2D eigenvalue weighted by molar-refractivity contribution is 7.10. The van der Waals surface area contributed by atoms with E-state index in [0.29, 0.717) is 0 Å². The fourth-order valence-electron chi connectivity index (χ4n) is 2.96. The molecule has 0 radical (unpaired) electrons. The third kappa shape index (κ3) is 4.59. The lowest BCUT2D eigenvalue weighted by molar-refractivity contribution is 0.178. The Hall–Kier alpha value is -0.380. The Morgan fingerprint density at radius 1 is 1.37 bits per heavy atom. The molecule has 1 saturated carbocycles. The monoisotopic (exact) mass is 280 g/mol. The van der Waals surface area contributed by atoms with Crippen molar-refractivity contribution in [1.82, 2.24) is 4.90 Å². The Morgan fingerprint density at radius 3 is 2.68 bits per heavy atom. The zero-order valence-electron chi connectivity index (χ0n) is 12.3. The molecule has 1 aromatic rings. The van der Waals surface area contributed by atoms with E-state index in [1.54, 1.807) is 11.3 Å². The Labute approximate surface area is 122 Å². The summed E-state index contributed by atoms with van der Waals surface area (Å²) in [6.45, 7) is 6.86. The van der Waals surface area contributed by atoms with Gasteiger partial charge in [0.25, 0.3) is 0 Å². The quantitative estimate of drug-likeness (QED) is 0.817. The molecular formula is C16H28N2S. The predicted molar refractivity (Wildman–Crippen MR) is 84.5 cm³/mol. The zero-order valence-corrected chi connectivity index (χ0v) is 13.2. The first-order valence-corrected chi connectivity index (χ1v) is 8.58. The van der Waals surface area contributed by atoms with Gasteiger partial charge >= 0.3 is 0 Å². The topological polar surface area (TPSA) is 29.3 Å². The van der Waals surface area contributed by atoms with Gasteiger partial charge in [0, 0.05) is 17.5 Å². The Balaban J connectivity index is 1.92. The van der Waals surface area contributed by atoms with E-state index in [-0.39, 0.29) is 6.04 Å². The molecule has 2 nitrogen and oxygen atoms in total. The number of rotatable bonds is 7. The number of hydrogen-bond acceptors (Lipinski definition) is 3. The van der Waals surface area contributed by atoms with Gasteiger partial charge in [-0.05, 0) is 43.2 Å². The van der Waals surface area contributed by atoms with Gasteiger partial charge in [0.2, 0.25) is 0 Å². The molecule has 2 N–H and O–H groups in total. The molecule has 1 fully saturated rings. The van der Waals surface area contributed by atoms with Gasteiger partial charge in [0.05, 0.1) is 6.04 Å². The Bertz CT molecular complexity index is 342. The van der Waals surface area contributed by atoms with Crippen LogP contribution in [0.25, 0.3) is 0 Å². The van der Waals surface area contributed by atoms with Crippen molar-refractivity contribution in [2.45, 2.75) is 58.0 Å². The summed E-state index contributed by atoms with van der Waals surface area (Å²) in [6, 6.07) is 5.25. The molecule has 1 aromatic heterocycles. The molecule has 108 valence electrons. The lowest BCUT2D eigenvalue weighted by Gasteiger charge is -2.31. The maximum absolute atomic E-state index is 6.38. The van der Waals surface area contributed by atoms with Crippen LogP contribution in [-0.4, -0.2) is 24.0 Å². The lowest BCUT2D eigenvalue weighted by Crippen LogP contribution is -2.39. The molecule has 0 saturated heterocycles. The second-order valence-electron chi connectivity index (χ2n) is 6.24. The van der Waals surface area contributed by atoms with E-state index >= 15 is 0 Å². The number of hydrogen-bond donors (Lipinski definition) is 1. The third-order valence-electron chi connectivity index (χ3n) is 4.17. The average molecular weight is 280 g/mol. The molecule has 1 atom stereocenters. The van der Waals surface area contributed by atoms with Gasteiger partial charge < -0.3 is 5.73 Å². The van der Waals surface area contributed by atoms with Crippen LogP contribution >= 0.6 is 11.3 Å². The van der Waals surface area contributed by atoms with Crippen molar-refractivity contribution in [2.24, 2.45) is 11.7 Å². The molecule has 0 spiro atoms. The Kier molecular flexibility index (Phi) is 5.86. The van der Waals surface area contributed by atoms with Crippen molar-refractivity contribution in [3.8, 4) is 0 Å². The van der Waals surface area contributed by atoms with Gasteiger partial charge in [0.1, 0.15) is 0 Å². The highest BCUT2D eigenvalue weighted by atomic mass is 32.1. The largest absolute Gasteiger partial charge is 0.322 e. The summed E-state index contributed by atoms with van der Waals surface area (Å²) in [6.07, 6.45) is 6.83. The van der Waals surface area contributed by atoms with E-state index in [2.05, 4.69) is 36.3 Å². The maximum Gasteiger partial charge on any atom is 0.0519 e. The molecule has 1 unspecified atom stereocenters. The first kappa shape index (κ1) is 15.0. The minimum absolute atomic E-state index is 0.188. The first-order chi connectivity index (χ1) is 9.16. The van der Waals surface area contributed by atoms with Gasteiger partial charge in [-0.3, -0.25) is 4.90 Å². The van der Waals surface area contributed by atoms with Crippen LogP contribution in [-0.2, 0) is 0 Å². The third-order valence-corrected chi connectivity index (χ3v) is 5.18. The minimum Gasteiger partial charge on any atom is -0.322 e. The Morgan fingerprint density at radius 2 is 2.11 bits per heavy atom. The van der Waals surface area contributed by atoms with Crippen LogP contribution in [0.5, 0.6) is 0 Å². The van der Waals surface area contributed by atoms with Crippen LogP contribution in [0.2, 0.25) is 0 Å². The molecule has 1 aliphatic rings. The van der Waals surface area contributed by atoms with Crippen LogP contribution in [0.1, 0.15) is 56.9 Å². The molecule has 19 heavy (non-hydrogen) atoms. The van der Waals surface area contributed by atoms with Crippen LogP contribution in [0.4, 0.5) is 0 Å². The van der Waals surface area contributed by atoms with Gasteiger partial charge in [-0.15, -0.1) is 11.3 Å².